The van der Waals surface area contributed by atoms with Crippen molar-refractivity contribution in [2.45, 2.75) is 51.0 Å². The molecule has 3 aromatic rings. The molecule has 0 bridgehead atoms. The highest BCUT2D eigenvalue weighted by atomic mass is 35.5. The first-order chi connectivity index (χ1) is 18.7. The molecule has 3 aromatic carbocycles. The molecule has 5 nitrogen and oxygen atoms in total. The van der Waals surface area contributed by atoms with E-state index in [9.17, 15) is 4.79 Å². The van der Waals surface area contributed by atoms with Gasteiger partial charge in [-0.1, -0.05) is 86.1 Å². The van der Waals surface area contributed by atoms with Crippen molar-refractivity contribution in [2.24, 2.45) is 5.16 Å². The van der Waals surface area contributed by atoms with Gasteiger partial charge in [0, 0.05) is 49.0 Å². The Bertz CT molecular complexity index is 1410. The molecule has 5 rings (SSSR count). The van der Waals surface area contributed by atoms with E-state index < -0.39 is 0 Å². The Balaban J connectivity index is 1.34. The van der Waals surface area contributed by atoms with Crippen LogP contribution in [0.25, 0.3) is 5.57 Å². The lowest BCUT2D eigenvalue weighted by Gasteiger charge is -2.37. The summed E-state index contributed by atoms with van der Waals surface area (Å²) in [6.07, 6.45) is 3.95. The predicted molar refractivity (Wildman–Crippen MR) is 157 cm³/mol. The normalized spacial score (nSPS) is 17.1. The molecule has 0 N–H and O–H groups in total. The number of carbonyl (C=O) groups excluding carboxylic acids is 1. The van der Waals surface area contributed by atoms with E-state index in [4.69, 9.17) is 21.2 Å². The fraction of sp³-hybridized carbons (Fsp3) is 0.333. The van der Waals surface area contributed by atoms with Crippen molar-refractivity contribution >= 4 is 28.8 Å². The summed E-state index contributed by atoms with van der Waals surface area (Å²) in [6.45, 7) is 7.82. The second-order valence-electron chi connectivity index (χ2n) is 11.4. The number of piperidine rings is 1. The third-order valence-electron chi connectivity index (χ3n) is 7.69. The molecule has 6 heteroatoms. The molecule has 202 valence electrons. The van der Waals surface area contributed by atoms with E-state index in [0.717, 1.165) is 53.0 Å². The maximum atomic E-state index is 13.6. The van der Waals surface area contributed by atoms with E-state index in [1.54, 1.807) is 13.2 Å². The second kappa shape index (κ2) is 10.9. The van der Waals surface area contributed by atoms with Crippen molar-refractivity contribution in [1.29, 1.82) is 0 Å². The average Bonchev–Trinajstić information content (AvgIpc) is 3.35. The number of likely N-dealkylation sites (tertiary alicyclic amines) is 1. The number of hydrogen-bond donors (Lipinski definition) is 0. The molecule has 0 radical (unpaired) electrons. The molecule has 0 aromatic heterocycles. The van der Waals surface area contributed by atoms with Gasteiger partial charge in [0.05, 0.1) is 12.8 Å². The Morgan fingerprint density at radius 2 is 1.72 bits per heavy atom. The van der Waals surface area contributed by atoms with Crippen molar-refractivity contribution in [3.63, 3.8) is 0 Å². The van der Waals surface area contributed by atoms with Crippen LogP contribution in [0, 0.1) is 0 Å². The summed E-state index contributed by atoms with van der Waals surface area (Å²) in [5, 5.41) is 5.08. The van der Waals surface area contributed by atoms with Crippen molar-refractivity contribution < 1.29 is 14.4 Å². The molecule has 1 fully saturated rings. The van der Waals surface area contributed by atoms with E-state index in [-0.39, 0.29) is 16.9 Å². The largest absolute Gasteiger partial charge is 0.497 e. The van der Waals surface area contributed by atoms with Crippen LogP contribution in [-0.2, 0) is 15.0 Å². The molecule has 0 atom stereocenters. The lowest BCUT2D eigenvalue weighted by Crippen LogP contribution is -2.46. The van der Waals surface area contributed by atoms with Gasteiger partial charge in [-0.3, -0.25) is 4.79 Å². The number of halogens is 1. The first-order valence-electron chi connectivity index (χ1n) is 13.4. The van der Waals surface area contributed by atoms with Gasteiger partial charge in [-0.15, -0.1) is 0 Å². The van der Waals surface area contributed by atoms with Crippen LogP contribution in [-0.4, -0.2) is 42.3 Å². The van der Waals surface area contributed by atoms with Crippen molar-refractivity contribution in [1.82, 2.24) is 4.90 Å². The minimum Gasteiger partial charge on any atom is -0.497 e. The fourth-order valence-corrected chi connectivity index (χ4v) is 5.43. The van der Waals surface area contributed by atoms with Crippen molar-refractivity contribution in [2.75, 3.05) is 20.2 Å². The van der Waals surface area contributed by atoms with E-state index in [1.165, 1.54) is 5.56 Å². The summed E-state index contributed by atoms with van der Waals surface area (Å²) < 4.78 is 5.47. The number of methoxy groups -OCH3 is 1. The number of benzene rings is 3. The van der Waals surface area contributed by atoms with Crippen LogP contribution in [0.15, 0.2) is 84.0 Å². The highest BCUT2D eigenvalue weighted by Crippen LogP contribution is 2.37. The van der Waals surface area contributed by atoms with Crippen LogP contribution in [0.5, 0.6) is 5.75 Å². The van der Waals surface area contributed by atoms with Crippen LogP contribution in [0.2, 0.25) is 5.02 Å². The van der Waals surface area contributed by atoms with Gasteiger partial charge < -0.3 is 14.5 Å². The van der Waals surface area contributed by atoms with Gasteiger partial charge in [0.2, 0.25) is 5.91 Å². The third-order valence-corrected chi connectivity index (χ3v) is 7.93. The summed E-state index contributed by atoms with van der Waals surface area (Å²) in [6, 6.07) is 24.1. The van der Waals surface area contributed by atoms with Gasteiger partial charge in [0.25, 0.3) is 0 Å². The summed E-state index contributed by atoms with van der Waals surface area (Å²) in [7, 11) is 1.65. The zero-order chi connectivity index (χ0) is 27.6. The lowest BCUT2D eigenvalue weighted by molar-refractivity contribution is -0.131. The van der Waals surface area contributed by atoms with Crippen LogP contribution >= 0.6 is 11.6 Å². The molecule has 1 amide bonds. The van der Waals surface area contributed by atoms with Crippen molar-refractivity contribution in [3.05, 3.63) is 106 Å². The number of rotatable bonds is 5. The summed E-state index contributed by atoms with van der Waals surface area (Å²) in [5.41, 5.74) is 5.66. The van der Waals surface area contributed by atoms with E-state index in [1.807, 2.05) is 53.4 Å². The zero-order valence-electron chi connectivity index (χ0n) is 23.0. The quantitative estimate of drug-likeness (QED) is 0.319. The first kappa shape index (κ1) is 27.0. The van der Waals surface area contributed by atoms with E-state index >= 15 is 0 Å². The average molecular weight is 543 g/mol. The SMILES string of the molecule is COc1cccc(C(=CC(=O)N2CCC3(CC2)CC(c2cccc(Cl)c2)=NO3)c2ccc(C(C)(C)C)cc2)c1. The standard InChI is InChI=1S/C33H35ClN2O3/c1-32(2,3)26-13-11-23(12-14-26)29(24-7-6-10-28(20-24)38-4)21-31(37)36-17-15-33(16-18-36)22-30(35-39-33)25-8-5-9-27(34)19-25/h5-14,19-21H,15-18,22H2,1-4H3. The number of ether oxygens (including phenoxy) is 1. The molecule has 2 aliphatic rings. The molecular weight excluding hydrogens is 508 g/mol. The van der Waals surface area contributed by atoms with Gasteiger partial charge in [0.15, 0.2) is 0 Å². The van der Waals surface area contributed by atoms with E-state index in [0.29, 0.717) is 18.1 Å². The Kier molecular flexibility index (Phi) is 7.55. The molecule has 0 unspecified atom stereocenters. The van der Waals surface area contributed by atoms with Gasteiger partial charge in [-0.25, -0.2) is 0 Å². The molecule has 2 heterocycles. The smallest absolute Gasteiger partial charge is 0.247 e. The molecule has 0 aliphatic carbocycles. The Morgan fingerprint density at radius 1 is 1.00 bits per heavy atom. The highest BCUT2D eigenvalue weighted by Gasteiger charge is 2.43. The number of oxime groups is 1. The van der Waals surface area contributed by atoms with Crippen LogP contribution in [0.1, 0.15) is 62.3 Å². The van der Waals surface area contributed by atoms with Gasteiger partial charge >= 0.3 is 0 Å². The second-order valence-corrected chi connectivity index (χ2v) is 11.9. The maximum absolute atomic E-state index is 13.6. The molecular formula is C33H35ClN2O3. The van der Waals surface area contributed by atoms with Crippen LogP contribution < -0.4 is 4.74 Å². The van der Waals surface area contributed by atoms with Gasteiger partial charge in [-0.2, -0.15) is 0 Å². The Hall–Kier alpha value is -3.57. The molecule has 39 heavy (non-hydrogen) atoms. The topological polar surface area (TPSA) is 51.1 Å². The summed E-state index contributed by atoms with van der Waals surface area (Å²) >= 11 is 6.18. The van der Waals surface area contributed by atoms with Gasteiger partial charge in [-0.05, 0) is 51.9 Å². The monoisotopic (exact) mass is 542 g/mol. The lowest BCUT2D eigenvalue weighted by atomic mass is 9.85. The first-order valence-corrected chi connectivity index (χ1v) is 13.8. The summed E-state index contributed by atoms with van der Waals surface area (Å²) in [4.78, 5) is 21.5. The fourth-order valence-electron chi connectivity index (χ4n) is 5.24. The molecule has 1 spiro atoms. The number of nitrogens with zero attached hydrogens (tertiary/aromatic N) is 2. The number of hydrogen-bond acceptors (Lipinski definition) is 4. The minimum absolute atomic E-state index is 0.00320. The van der Waals surface area contributed by atoms with Crippen LogP contribution in [0.3, 0.4) is 0 Å². The minimum atomic E-state index is -0.365. The van der Waals surface area contributed by atoms with Crippen molar-refractivity contribution in [3.8, 4) is 5.75 Å². The van der Waals surface area contributed by atoms with E-state index in [2.05, 4.69) is 50.2 Å². The Labute approximate surface area is 236 Å². The number of carbonyl (C=O) groups is 1. The molecule has 1 saturated heterocycles. The molecule has 0 saturated carbocycles. The summed E-state index contributed by atoms with van der Waals surface area (Å²) in [5.74, 6) is 0.752. The molecule has 2 aliphatic heterocycles. The predicted octanol–water partition coefficient (Wildman–Crippen LogP) is 7.26. The highest BCUT2D eigenvalue weighted by molar-refractivity contribution is 6.31. The van der Waals surface area contributed by atoms with Crippen LogP contribution in [0.4, 0.5) is 0 Å². The zero-order valence-corrected chi connectivity index (χ0v) is 23.8. The number of amides is 1. The third kappa shape index (κ3) is 6.04. The van der Waals surface area contributed by atoms with Gasteiger partial charge in [0.1, 0.15) is 11.4 Å². The maximum Gasteiger partial charge on any atom is 0.247 e. The Morgan fingerprint density at radius 3 is 2.38 bits per heavy atom.